The molecule has 1 aliphatic heterocycles. The van der Waals surface area contributed by atoms with Crippen LogP contribution < -0.4 is 9.47 Å². The number of nitrogens with zero attached hydrogens (tertiary/aromatic N) is 1. The van der Waals surface area contributed by atoms with Gasteiger partial charge in [-0.25, -0.2) is 0 Å². The highest BCUT2D eigenvalue weighted by molar-refractivity contribution is 5.98. The molecule has 3 aromatic rings. The Morgan fingerprint density at radius 3 is 2.03 bits per heavy atom. The maximum Gasteiger partial charge on any atom is 0.165 e. The maximum absolute atomic E-state index is 13.1. The first-order valence-corrected chi connectivity index (χ1v) is 13.2. The smallest absolute Gasteiger partial charge is 0.165 e. The summed E-state index contributed by atoms with van der Waals surface area (Å²) in [5.41, 5.74) is 8.86. The predicted molar refractivity (Wildman–Crippen MR) is 151 cm³/mol. The molecule has 2 aliphatic rings. The Hall–Kier alpha value is -3.63. The van der Waals surface area contributed by atoms with Crippen molar-refractivity contribution >= 4 is 23.5 Å². The van der Waals surface area contributed by atoms with Crippen molar-refractivity contribution in [3.8, 4) is 11.5 Å². The van der Waals surface area contributed by atoms with Crippen LogP contribution in [0.15, 0.2) is 72.3 Å². The standard InChI is InChI=1S/C33H35NO3/c1-23(33(35)27-14-15-30(36-2)31(22-27)37-3)16-19-34-20-17-26(18-21-34)32-28-10-6-4-8-24(28)12-13-25-9-5-7-11-29(25)32/h4-15,22-23H,16-21H2,1-3H3. The fourth-order valence-electron chi connectivity index (χ4n) is 5.52. The van der Waals surface area contributed by atoms with E-state index >= 15 is 0 Å². The van der Waals surface area contributed by atoms with Crippen LogP contribution in [0.2, 0.25) is 0 Å². The van der Waals surface area contributed by atoms with Gasteiger partial charge in [-0.2, -0.15) is 0 Å². The first-order valence-electron chi connectivity index (χ1n) is 13.2. The zero-order chi connectivity index (χ0) is 25.8. The highest BCUT2D eigenvalue weighted by atomic mass is 16.5. The minimum Gasteiger partial charge on any atom is -0.493 e. The van der Waals surface area contributed by atoms with E-state index in [0.717, 1.165) is 38.9 Å². The number of ether oxygens (including phenoxy) is 2. The van der Waals surface area contributed by atoms with E-state index in [0.29, 0.717) is 17.1 Å². The van der Waals surface area contributed by atoms with E-state index in [4.69, 9.17) is 9.47 Å². The summed E-state index contributed by atoms with van der Waals surface area (Å²) in [5, 5.41) is 0. The highest BCUT2D eigenvalue weighted by Crippen LogP contribution is 2.38. The Balaban J connectivity index is 1.26. The summed E-state index contributed by atoms with van der Waals surface area (Å²) >= 11 is 0. The van der Waals surface area contributed by atoms with Crippen LogP contribution in [-0.2, 0) is 0 Å². The van der Waals surface area contributed by atoms with Crippen LogP contribution in [0, 0.1) is 5.92 Å². The lowest BCUT2D eigenvalue weighted by Crippen LogP contribution is -2.33. The number of methoxy groups -OCH3 is 2. The second kappa shape index (κ2) is 11.2. The second-order valence-electron chi connectivity index (χ2n) is 9.95. The minimum atomic E-state index is -0.0514. The number of hydrogen-bond acceptors (Lipinski definition) is 4. The van der Waals surface area contributed by atoms with Crippen molar-refractivity contribution in [1.29, 1.82) is 0 Å². The Morgan fingerprint density at radius 1 is 0.838 bits per heavy atom. The van der Waals surface area contributed by atoms with Crippen LogP contribution in [0.25, 0.3) is 17.7 Å². The number of ketones is 1. The molecule has 0 aromatic heterocycles. The van der Waals surface area contributed by atoms with Crippen LogP contribution in [0.5, 0.6) is 11.5 Å². The number of rotatable bonds is 7. The van der Waals surface area contributed by atoms with Crippen molar-refractivity contribution in [2.45, 2.75) is 26.2 Å². The van der Waals surface area contributed by atoms with Gasteiger partial charge in [0.1, 0.15) is 0 Å². The molecule has 0 N–H and O–H groups in total. The average molecular weight is 494 g/mol. The van der Waals surface area contributed by atoms with Crippen molar-refractivity contribution in [2.75, 3.05) is 33.9 Å². The van der Waals surface area contributed by atoms with Gasteiger partial charge in [0, 0.05) is 24.6 Å². The summed E-state index contributed by atoms with van der Waals surface area (Å²) in [6, 6.07) is 22.9. The van der Waals surface area contributed by atoms with Gasteiger partial charge in [-0.05, 0) is 71.8 Å². The number of Topliss-reactive ketones (excluding diaryl/α,β-unsaturated/α-hetero) is 1. The SMILES string of the molecule is COc1ccc(C(=O)C(C)CCN2CCC(=C3c4ccccc4C=Cc4ccccc43)CC2)cc1OC. The average Bonchev–Trinajstić information content (AvgIpc) is 3.12. The zero-order valence-corrected chi connectivity index (χ0v) is 22.0. The molecule has 1 unspecified atom stereocenters. The number of carbonyl (C=O) groups is 1. The molecular weight excluding hydrogens is 458 g/mol. The van der Waals surface area contributed by atoms with Crippen molar-refractivity contribution < 1.29 is 14.3 Å². The molecule has 37 heavy (non-hydrogen) atoms. The van der Waals surface area contributed by atoms with Crippen LogP contribution in [0.4, 0.5) is 0 Å². The zero-order valence-electron chi connectivity index (χ0n) is 22.0. The molecule has 1 heterocycles. The lowest BCUT2D eigenvalue weighted by Gasteiger charge is -2.31. The Morgan fingerprint density at radius 2 is 1.43 bits per heavy atom. The van der Waals surface area contributed by atoms with Gasteiger partial charge in [0.05, 0.1) is 14.2 Å². The van der Waals surface area contributed by atoms with Crippen LogP contribution in [0.3, 0.4) is 0 Å². The van der Waals surface area contributed by atoms with Gasteiger partial charge in [-0.1, -0.05) is 73.2 Å². The largest absolute Gasteiger partial charge is 0.493 e. The maximum atomic E-state index is 13.1. The third-order valence-corrected chi connectivity index (χ3v) is 7.71. The molecule has 0 saturated carbocycles. The molecular formula is C33H35NO3. The topological polar surface area (TPSA) is 38.8 Å². The summed E-state index contributed by atoms with van der Waals surface area (Å²) in [6.07, 6.45) is 7.43. The van der Waals surface area contributed by atoms with Gasteiger partial charge < -0.3 is 14.4 Å². The predicted octanol–water partition coefficient (Wildman–Crippen LogP) is 6.99. The fourth-order valence-corrected chi connectivity index (χ4v) is 5.52. The molecule has 1 saturated heterocycles. The molecule has 1 aliphatic carbocycles. The molecule has 0 amide bonds. The molecule has 1 fully saturated rings. The second-order valence-corrected chi connectivity index (χ2v) is 9.95. The number of hydrogen-bond donors (Lipinski definition) is 0. The van der Waals surface area contributed by atoms with E-state index < -0.39 is 0 Å². The first kappa shape index (κ1) is 25.0. The lowest BCUT2D eigenvalue weighted by atomic mass is 9.86. The first-order chi connectivity index (χ1) is 18.1. The fraction of sp³-hybridized carbons (Fsp3) is 0.303. The third-order valence-electron chi connectivity index (χ3n) is 7.71. The number of piperidine rings is 1. The van der Waals surface area contributed by atoms with E-state index in [1.165, 1.54) is 33.4 Å². The highest BCUT2D eigenvalue weighted by Gasteiger charge is 2.24. The Labute approximate surface area is 220 Å². The van der Waals surface area contributed by atoms with Gasteiger partial charge in [0.2, 0.25) is 0 Å². The molecule has 4 nitrogen and oxygen atoms in total. The molecule has 4 heteroatoms. The molecule has 190 valence electrons. The lowest BCUT2D eigenvalue weighted by molar-refractivity contribution is 0.0912. The molecule has 3 aromatic carbocycles. The van der Waals surface area contributed by atoms with Gasteiger partial charge >= 0.3 is 0 Å². The minimum absolute atomic E-state index is 0.0514. The molecule has 0 radical (unpaired) electrons. The van der Waals surface area contributed by atoms with E-state index in [1.807, 2.05) is 13.0 Å². The monoisotopic (exact) mass is 493 g/mol. The Kier molecular flexibility index (Phi) is 7.57. The number of benzene rings is 3. The summed E-state index contributed by atoms with van der Waals surface area (Å²) < 4.78 is 10.7. The molecule has 0 spiro atoms. The molecule has 5 rings (SSSR count). The number of carbonyl (C=O) groups excluding carboxylic acids is 1. The summed E-state index contributed by atoms with van der Waals surface area (Å²) in [5.74, 6) is 1.33. The van der Waals surface area contributed by atoms with Crippen molar-refractivity contribution in [3.05, 3.63) is 100 Å². The van der Waals surface area contributed by atoms with Gasteiger partial charge in [0.15, 0.2) is 17.3 Å². The van der Waals surface area contributed by atoms with E-state index in [-0.39, 0.29) is 11.7 Å². The summed E-state index contributed by atoms with van der Waals surface area (Å²) in [6.45, 7) is 5.00. The van der Waals surface area contributed by atoms with Crippen molar-refractivity contribution in [3.63, 3.8) is 0 Å². The van der Waals surface area contributed by atoms with E-state index in [2.05, 4.69) is 65.6 Å². The van der Waals surface area contributed by atoms with Crippen molar-refractivity contribution in [2.24, 2.45) is 5.92 Å². The normalized spacial score (nSPS) is 16.0. The van der Waals surface area contributed by atoms with E-state index in [9.17, 15) is 4.79 Å². The van der Waals surface area contributed by atoms with Crippen molar-refractivity contribution in [1.82, 2.24) is 4.90 Å². The van der Waals surface area contributed by atoms with Gasteiger partial charge in [-0.3, -0.25) is 4.79 Å². The van der Waals surface area contributed by atoms with Crippen LogP contribution in [-0.4, -0.2) is 44.5 Å². The number of fused-ring (bicyclic) bond motifs is 2. The summed E-state index contributed by atoms with van der Waals surface area (Å²) in [7, 11) is 3.20. The molecule has 1 atom stereocenters. The summed E-state index contributed by atoms with van der Waals surface area (Å²) in [4.78, 5) is 15.6. The number of likely N-dealkylation sites (tertiary alicyclic amines) is 1. The molecule has 0 bridgehead atoms. The van der Waals surface area contributed by atoms with Gasteiger partial charge in [0.25, 0.3) is 0 Å². The quantitative estimate of drug-likeness (QED) is 0.260. The Bertz CT molecular complexity index is 1290. The van der Waals surface area contributed by atoms with Crippen LogP contribution in [0.1, 0.15) is 58.8 Å². The van der Waals surface area contributed by atoms with Crippen LogP contribution >= 0.6 is 0 Å². The van der Waals surface area contributed by atoms with Gasteiger partial charge in [-0.15, -0.1) is 0 Å². The third kappa shape index (κ3) is 5.26. The van der Waals surface area contributed by atoms with E-state index in [1.54, 1.807) is 26.4 Å².